The van der Waals surface area contributed by atoms with Crippen LogP contribution in [0.5, 0.6) is 0 Å². The summed E-state index contributed by atoms with van der Waals surface area (Å²) in [5, 5.41) is 10.6. The molecule has 106 valence electrons. The van der Waals surface area contributed by atoms with Crippen molar-refractivity contribution >= 4 is 0 Å². The molecule has 1 aromatic rings. The fourth-order valence-corrected chi connectivity index (χ4v) is 4.09. The zero-order valence-electron chi connectivity index (χ0n) is 11.4. The number of fused-ring (bicyclic) bond motifs is 5. The Morgan fingerprint density at radius 3 is 2.80 bits per heavy atom. The Kier molecular flexibility index (Phi) is 3.14. The largest absolute Gasteiger partial charge is 0.388 e. The van der Waals surface area contributed by atoms with Crippen molar-refractivity contribution in [1.29, 1.82) is 0 Å². The van der Waals surface area contributed by atoms with E-state index in [-0.39, 0.29) is 0 Å². The third-order valence-corrected chi connectivity index (χ3v) is 5.07. The van der Waals surface area contributed by atoms with Crippen LogP contribution in [-0.4, -0.2) is 24.1 Å². The molecule has 1 saturated heterocycles. The van der Waals surface area contributed by atoms with E-state index >= 15 is 0 Å². The maximum Gasteiger partial charge on any atom is 0.184 e. The van der Waals surface area contributed by atoms with Gasteiger partial charge in [0.15, 0.2) is 6.29 Å². The number of allylic oxidation sites excluding steroid dienone is 2. The Morgan fingerprint density at radius 1 is 1.15 bits per heavy atom. The first-order valence-corrected chi connectivity index (χ1v) is 7.46. The number of aliphatic hydroxyl groups excluding tert-OH is 1. The average Bonchev–Trinajstić information content (AvgIpc) is 3.09. The number of aliphatic hydroxyl groups is 1. The number of rotatable bonds is 3. The van der Waals surface area contributed by atoms with Gasteiger partial charge in [-0.15, -0.1) is 0 Å². The Hall–Kier alpha value is -1.16. The smallest absolute Gasteiger partial charge is 0.184 e. The minimum atomic E-state index is -0.502. The van der Waals surface area contributed by atoms with Gasteiger partial charge in [0.25, 0.3) is 0 Å². The second-order valence-electron chi connectivity index (χ2n) is 6.18. The van der Waals surface area contributed by atoms with Gasteiger partial charge in [-0.2, -0.15) is 0 Å². The number of benzene rings is 1. The minimum absolute atomic E-state index is 0.319. The molecule has 1 N–H and O–H groups in total. The molecule has 0 amide bonds. The number of hydrogen-bond donors (Lipinski definition) is 1. The molecule has 6 atom stereocenters. The van der Waals surface area contributed by atoms with Gasteiger partial charge >= 0.3 is 0 Å². The van der Waals surface area contributed by atoms with Gasteiger partial charge in [-0.05, 0) is 29.7 Å². The molecular formula is C17H20O3. The van der Waals surface area contributed by atoms with Gasteiger partial charge in [0.1, 0.15) is 6.10 Å². The molecule has 3 aliphatic rings. The van der Waals surface area contributed by atoms with Crippen LogP contribution >= 0.6 is 0 Å². The molecular weight excluding hydrogens is 252 g/mol. The highest BCUT2D eigenvalue weighted by Gasteiger charge is 2.52. The first-order valence-electron chi connectivity index (χ1n) is 7.46. The highest BCUT2D eigenvalue weighted by Crippen LogP contribution is 2.52. The first-order chi connectivity index (χ1) is 9.83. The molecule has 2 bridgehead atoms. The van der Waals surface area contributed by atoms with Crippen molar-refractivity contribution in [3.63, 3.8) is 0 Å². The van der Waals surface area contributed by atoms with Crippen LogP contribution in [0.2, 0.25) is 0 Å². The van der Waals surface area contributed by atoms with E-state index in [1.54, 1.807) is 0 Å². The second-order valence-corrected chi connectivity index (χ2v) is 6.18. The van der Waals surface area contributed by atoms with Crippen LogP contribution in [0, 0.1) is 23.7 Å². The normalized spacial score (nSPS) is 41.9. The van der Waals surface area contributed by atoms with Crippen LogP contribution in [0.15, 0.2) is 42.5 Å². The Labute approximate surface area is 119 Å². The average molecular weight is 272 g/mol. The molecule has 20 heavy (non-hydrogen) atoms. The van der Waals surface area contributed by atoms with Crippen molar-refractivity contribution < 1.29 is 14.6 Å². The van der Waals surface area contributed by atoms with Crippen LogP contribution in [-0.2, 0) is 16.1 Å². The van der Waals surface area contributed by atoms with Crippen molar-refractivity contribution in [2.75, 3.05) is 6.61 Å². The molecule has 0 aromatic heterocycles. The monoisotopic (exact) mass is 272 g/mol. The minimum Gasteiger partial charge on any atom is -0.388 e. The lowest BCUT2D eigenvalue weighted by Crippen LogP contribution is -2.48. The van der Waals surface area contributed by atoms with Crippen molar-refractivity contribution in [3.05, 3.63) is 48.0 Å². The van der Waals surface area contributed by atoms with E-state index in [1.165, 1.54) is 6.42 Å². The molecule has 1 heterocycles. The summed E-state index contributed by atoms with van der Waals surface area (Å²) in [5.74, 6) is 1.93. The molecule has 1 aromatic carbocycles. The molecule has 0 spiro atoms. The molecule has 2 aliphatic carbocycles. The molecule has 0 radical (unpaired) electrons. The maximum atomic E-state index is 10.6. The highest BCUT2D eigenvalue weighted by atomic mass is 16.7. The quantitative estimate of drug-likeness (QED) is 0.859. The second kappa shape index (κ2) is 4.99. The van der Waals surface area contributed by atoms with Gasteiger partial charge in [0.05, 0.1) is 13.2 Å². The Balaban J connectivity index is 1.42. The van der Waals surface area contributed by atoms with Crippen LogP contribution in [0.1, 0.15) is 12.0 Å². The Bertz CT molecular complexity index is 498. The Morgan fingerprint density at radius 2 is 1.95 bits per heavy atom. The van der Waals surface area contributed by atoms with Gasteiger partial charge in [-0.1, -0.05) is 42.5 Å². The SMILES string of the molecule is O[C@H]1[C@H](OCc2ccccc2)OC[C@@H]2[C@H]1[C@@H]1C=C[C@H]2C1. The summed E-state index contributed by atoms with van der Waals surface area (Å²) >= 11 is 0. The number of ether oxygens (including phenoxy) is 2. The summed E-state index contributed by atoms with van der Waals surface area (Å²) < 4.78 is 11.6. The lowest BCUT2D eigenvalue weighted by Gasteiger charge is -2.40. The van der Waals surface area contributed by atoms with Crippen LogP contribution in [0.25, 0.3) is 0 Å². The first kappa shape index (κ1) is 12.6. The van der Waals surface area contributed by atoms with Crippen LogP contribution < -0.4 is 0 Å². The third-order valence-electron chi connectivity index (χ3n) is 5.07. The molecule has 0 unspecified atom stereocenters. The summed E-state index contributed by atoms with van der Waals surface area (Å²) in [6, 6.07) is 10.0. The lowest BCUT2D eigenvalue weighted by molar-refractivity contribution is -0.252. The molecule has 3 heteroatoms. The fourth-order valence-electron chi connectivity index (χ4n) is 4.09. The topological polar surface area (TPSA) is 38.7 Å². The van der Waals surface area contributed by atoms with Gasteiger partial charge < -0.3 is 14.6 Å². The standard InChI is InChI=1S/C17H20O3/c18-16-15-13-7-6-12(8-13)14(15)10-20-17(16)19-9-11-4-2-1-3-5-11/h1-7,12-18H,8-10H2/t12-,13+,14-,15+,16+,17+/m0/s1. The van der Waals surface area contributed by atoms with Crippen LogP contribution in [0.4, 0.5) is 0 Å². The van der Waals surface area contributed by atoms with E-state index in [9.17, 15) is 5.11 Å². The van der Waals surface area contributed by atoms with E-state index in [0.717, 1.165) is 5.56 Å². The summed E-state index contributed by atoms with van der Waals surface area (Å²) in [6.45, 7) is 1.20. The summed E-state index contributed by atoms with van der Waals surface area (Å²) in [4.78, 5) is 0. The predicted molar refractivity (Wildman–Crippen MR) is 74.7 cm³/mol. The zero-order valence-corrected chi connectivity index (χ0v) is 11.4. The summed E-state index contributed by atoms with van der Waals surface area (Å²) in [6.07, 6.45) is 4.77. The van der Waals surface area contributed by atoms with Crippen molar-refractivity contribution in [2.24, 2.45) is 23.7 Å². The summed E-state index contributed by atoms with van der Waals surface area (Å²) in [5.41, 5.74) is 1.11. The predicted octanol–water partition coefficient (Wildman–Crippen LogP) is 2.36. The molecule has 1 saturated carbocycles. The summed E-state index contributed by atoms with van der Waals surface area (Å²) in [7, 11) is 0. The van der Waals surface area contributed by atoms with Gasteiger partial charge in [0.2, 0.25) is 0 Å². The van der Waals surface area contributed by atoms with Crippen molar-refractivity contribution in [1.82, 2.24) is 0 Å². The van der Waals surface area contributed by atoms with E-state index in [2.05, 4.69) is 12.2 Å². The van der Waals surface area contributed by atoms with Gasteiger partial charge in [0, 0.05) is 5.92 Å². The van der Waals surface area contributed by atoms with Gasteiger partial charge in [-0.25, -0.2) is 0 Å². The maximum absolute atomic E-state index is 10.6. The molecule has 4 rings (SSSR count). The molecule has 3 nitrogen and oxygen atoms in total. The zero-order chi connectivity index (χ0) is 13.5. The lowest BCUT2D eigenvalue weighted by atomic mass is 9.78. The third kappa shape index (κ3) is 2.01. The van der Waals surface area contributed by atoms with E-state index in [1.807, 2.05) is 30.3 Å². The fraction of sp³-hybridized carbons (Fsp3) is 0.529. The van der Waals surface area contributed by atoms with E-state index in [4.69, 9.17) is 9.47 Å². The highest BCUT2D eigenvalue weighted by molar-refractivity contribution is 5.16. The van der Waals surface area contributed by atoms with E-state index < -0.39 is 12.4 Å². The molecule has 2 fully saturated rings. The van der Waals surface area contributed by atoms with Gasteiger partial charge in [-0.3, -0.25) is 0 Å². The van der Waals surface area contributed by atoms with Crippen molar-refractivity contribution in [3.8, 4) is 0 Å². The van der Waals surface area contributed by atoms with E-state index in [0.29, 0.717) is 36.9 Å². The molecule has 1 aliphatic heterocycles. The van der Waals surface area contributed by atoms with Crippen LogP contribution in [0.3, 0.4) is 0 Å². The number of hydrogen-bond acceptors (Lipinski definition) is 3. The van der Waals surface area contributed by atoms with Crippen molar-refractivity contribution in [2.45, 2.75) is 25.4 Å².